The van der Waals surface area contributed by atoms with E-state index in [9.17, 15) is 13.2 Å². The Morgan fingerprint density at radius 1 is 1.22 bits per heavy atom. The van der Waals surface area contributed by atoms with Gasteiger partial charge in [0.15, 0.2) is 5.82 Å². The monoisotopic (exact) mass is 515 g/mol. The van der Waals surface area contributed by atoms with Gasteiger partial charge >= 0.3 is 0 Å². The van der Waals surface area contributed by atoms with Gasteiger partial charge in [-0.15, -0.1) is 0 Å². The van der Waals surface area contributed by atoms with Crippen molar-refractivity contribution in [1.29, 1.82) is 0 Å². The number of carbonyl (C=O) groups is 1. The molecule has 1 saturated carbocycles. The van der Waals surface area contributed by atoms with Crippen LogP contribution in [0.5, 0.6) is 5.75 Å². The van der Waals surface area contributed by atoms with Crippen LogP contribution in [0.2, 0.25) is 0 Å². The van der Waals surface area contributed by atoms with Crippen LogP contribution in [0, 0.1) is 0 Å². The molecule has 0 aliphatic heterocycles. The van der Waals surface area contributed by atoms with Gasteiger partial charge in [0, 0.05) is 44.9 Å². The molecule has 4 rings (SSSR count). The lowest BCUT2D eigenvalue weighted by atomic mass is 9.91. The number of nitrogens with zero attached hydrogens (tertiary/aromatic N) is 5. The predicted octanol–water partition coefficient (Wildman–Crippen LogP) is 2.33. The van der Waals surface area contributed by atoms with Crippen LogP contribution in [0.15, 0.2) is 36.7 Å². The number of fused-ring (bicyclic) bond motifs is 1. The van der Waals surface area contributed by atoms with Gasteiger partial charge in [-0.1, -0.05) is 6.07 Å². The molecule has 0 saturated heterocycles. The summed E-state index contributed by atoms with van der Waals surface area (Å²) in [5, 5.41) is 11.6. The minimum absolute atomic E-state index is 0.0301. The zero-order valence-corrected chi connectivity index (χ0v) is 21.7. The van der Waals surface area contributed by atoms with Gasteiger partial charge in [-0.2, -0.15) is 10.1 Å². The van der Waals surface area contributed by atoms with Gasteiger partial charge < -0.3 is 15.4 Å². The van der Waals surface area contributed by atoms with E-state index in [-0.39, 0.29) is 18.0 Å². The third-order valence-electron chi connectivity index (χ3n) is 6.45. The first kappa shape index (κ1) is 25.8. The lowest BCUT2D eigenvalue weighted by molar-refractivity contribution is -0.118. The normalized spacial score (nSPS) is 18.3. The third-order valence-corrected chi connectivity index (χ3v) is 7.80. The van der Waals surface area contributed by atoms with Gasteiger partial charge in [-0.3, -0.25) is 4.79 Å². The standard InChI is InChI=1S/C24H33N7O4S/c1-17(32)25-13-5-15-35-22-7-4-6-21-20(22)16-27-31(21)23-12-14-26-24(29-23)28-18-8-10-19(11-9-18)30(2)36(3,33)34/h4,6-7,12,14,16,18-19H,5,8-11,13,15H2,1-3H3,(H,25,32)(H,26,28,29). The average molecular weight is 516 g/mol. The van der Waals surface area contributed by atoms with Crippen LogP contribution in [0.3, 0.4) is 0 Å². The van der Waals surface area contributed by atoms with Gasteiger partial charge in [0.05, 0.1) is 30.0 Å². The number of anilines is 1. The van der Waals surface area contributed by atoms with E-state index in [2.05, 4.69) is 25.7 Å². The summed E-state index contributed by atoms with van der Waals surface area (Å²) in [5.74, 6) is 1.83. The van der Waals surface area contributed by atoms with E-state index in [0.717, 1.165) is 42.3 Å². The molecule has 2 heterocycles. The molecule has 0 atom stereocenters. The molecule has 1 fully saturated rings. The second kappa shape index (κ2) is 11.2. The van der Waals surface area contributed by atoms with Crippen LogP contribution in [0.25, 0.3) is 16.7 Å². The zero-order chi connectivity index (χ0) is 25.7. The van der Waals surface area contributed by atoms with Crippen molar-refractivity contribution in [3.05, 3.63) is 36.7 Å². The summed E-state index contributed by atoms with van der Waals surface area (Å²) in [4.78, 5) is 20.1. The molecule has 0 radical (unpaired) electrons. The Morgan fingerprint density at radius 2 is 2.00 bits per heavy atom. The van der Waals surface area contributed by atoms with Crippen molar-refractivity contribution in [1.82, 2.24) is 29.4 Å². The smallest absolute Gasteiger partial charge is 0.224 e. The van der Waals surface area contributed by atoms with E-state index in [1.165, 1.54) is 17.5 Å². The van der Waals surface area contributed by atoms with Crippen molar-refractivity contribution in [2.75, 3.05) is 31.8 Å². The predicted molar refractivity (Wildman–Crippen MR) is 138 cm³/mol. The minimum Gasteiger partial charge on any atom is -0.493 e. The number of ether oxygens (including phenoxy) is 1. The number of hydrogen-bond donors (Lipinski definition) is 2. The van der Waals surface area contributed by atoms with E-state index < -0.39 is 10.0 Å². The van der Waals surface area contributed by atoms with E-state index in [1.807, 2.05) is 18.2 Å². The molecule has 1 aliphatic carbocycles. The van der Waals surface area contributed by atoms with Crippen LogP contribution in [0.1, 0.15) is 39.0 Å². The zero-order valence-electron chi connectivity index (χ0n) is 20.8. The Hall–Kier alpha value is -3.25. The van der Waals surface area contributed by atoms with Crippen molar-refractivity contribution in [3.63, 3.8) is 0 Å². The lowest BCUT2D eigenvalue weighted by Gasteiger charge is -2.33. The fourth-order valence-corrected chi connectivity index (χ4v) is 5.18. The summed E-state index contributed by atoms with van der Waals surface area (Å²) in [7, 11) is -1.54. The Balaban J connectivity index is 1.41. The molecular weight excluding hydrogens is 482 g/mol. The van der Waals surface area contributed by atoms with E-state index in [4.69, 9.17) is 4.74 Å². The molecule has 11 nitrogen and oxygen atoms in total. The second-order valence-electron chi connectivity index (χ2n) is 9.10. The highest BCUT2D eigenvalue weighted by molar-refractivity contribution is 7.88. The average Bonchev–Trinajstić information content (AvgIpc) is 3.28. The first-order valence-electron chi connectivity index (χ1n) is 12.1. The first-order valence-corrected chi connectivity index (χ1v) is 13.9. The quantitative estimate of drug-likeness (QED) is 0.393. The SMILES string of the molecule is CC(=O)NCCCOc1cccc2c1cnn2-c1ccnc(NC2CCC(N(C)S(C)(=O)=O)CC2)n1. The van der Waals surface area contributed by atoms with Gasteiger partial charge in [0.2, 0.25) is 21.9 Å². The van der Waals surface area contributed by atoms with Crippen molar-refractivity contribution in [2.45, 2.75) is 51.1 Å². The highest BCUT2D eigenvalue weighted by atomic mass is 32.2. The van der Waals surface area contributed by atoms with Gasteiger partial charge in [0.25, 0.3) is 0 Å². The van der Waals surface area contributed by atoms with E-state index in [1.54, 1.807) is 30.2 Å². The molecule has 2 N–H and O–H groups in total. The number of nitrogens with one attached hydrogen (secondary N) is 2. The van der Waals surface area contributed by atoms with Crippen LogP contribution >= 0.6 is 0 Å². The largest absolute Gasteiger partial charge is 0.493 e. The lowest BCUT2D eigenvalue weighted by Crippen LogP contribution is -2.41. The Morgan fingerprint density at radius 3 is 2.72 bits per heavy atom. The Kier molecular flexibility index (Phi) is 8.04. The molecule has 0 bridgehead atoms. The first-order chi connectivity index (χ1) is 17.2. The van der Waals surface area contributed by atoms with E-state index >= 15 is 0 Å². The molecule has 3 aromatic rings. The number of benzene rings is 1. The summed E-state index contributed by atoms with van der Waals surface area (Å²) in [6.07, 6.45) is 8.67. The Labute approximate surface area is 211 Å². The molecule has 12 heteroatoms. The molecule has 1 aliphatic rings. The maximum absolute atomic E-state index is 11.8. The van der Waals surface area contributed by atoms with Gasteiger partial charge in [-0.25, -0.2) is 22.4 Å². The fraction of sp³-hybridized carbons (Fsp3) is 0.500. The summed E-state index contributed by atoms with van der Waals surface area (Å²) >= 11 is 0. The van der Waals surface area contributed by atoms with Crippen LogP contribution in [0.4, 0.5) is 5.95 Å². The number of sulfonamides is 1. The van der Waals surface area contributed by atoms with Crippen LogP contribution in [-0.2, 0) is 14.8 Å². The number of hydrogen-bond acceptors (Lipinski definition) is 8. The van der Waals surface area contributed by atoms with Crippen molar-refractivity contribution in [2.24, 2.45) is 0 Å². The maximum Gasteiger partial charge on any atom is 0.224 e. The molecule has 194 valence electrons. The molecule has 1 aromatic carbocycles. The molecule has 1 amide bonds. The minimum atomic E-state index is -3.19. The summed E-state index contributed by atoms with van der Waals surface area (Å²) in [5.41, 5.74) is 0.864. The van der Waals surface area contributed by atoms with E-state index in [0.29, 0.717) is 31.3 Å². The van der Waals surface area contributed by atoms with Crippen LogP contribution in [-0.4, -0.2) is 76.9 Å². The van der Waals surface area contributed by atoms with Crippen molar-refractivity contribution >= 4 is 32.8 Å². The third kappa shape index (κ3) is 6.30. The van der Waals surface area contributed by atoms with Crippen LogP contribution < -0.4 is 15.4 Å². The molecule has 2 aromatic heterocycles. The second-order valence-corrected chi connectivity index (χ2v) is 11.1. The number of aromatic nitrogens is 4. The molecular formula is C24H33N7O4S. The maximum atomic E-state index is 11.8. The topological polar surface area (TPSA) is 131 Å². The number of carbonyl (C=O) groups excluding carboxylic acids is 1. The van der Waals surface area contributed by atoms with Crippen molar-refractivity contribution < 1.29 is 17.9 Å². The number of rotatable bonds is 10. The highest BCUT2D eigenvalue weighted by Gasteiger charge is 2.28. The molecule has 0 spiro atoms. The van der Waals surface area contributed by atoms with Gasteiger partial charge in [-0.05, 0) is 44.2 Å². The summed E-state index contributed by atoms with van der Waals surface area (Å²) in [6, 6.07) is 7.78. The van der Waals surface area contributed by atoms with Crippen molar-refractivity contribution in [3.8, 4) is 11.6 Å². The fourth-order valence-electron chi connectivity index (χ4n) is 4.43. The highest BCUT2D eigenvalue weighted by Crippen LogP contribution is 2.28. The summed E-state index contributed by atoms with van der Waals surface area (Å²) < 4.78 is 32.8. The van der Waals surface area contributed by atoms with Gasteiger partial charge in [0.1, 0.15) is 5.75 Å². The number of amides is 1. The summed E-state index contributed by atoms with van der Waals surface area (Å²) in [6.45, 7) is 2.54. The molecule has 0 unspecified atom stereocenters. The Bertz CT molecular complexity index is 1300. The molecule has 36 heavy (non-hydrogen) atoms.